The van der Waals surface area contributed by atoms with E-state index in [1.54, 1.807) is 0 Å². The van der Waals surface area contributed by atoms with Crippen molar-refractivity contribution in [1.29, 1.82) is 0 Å². The second-order valence-electron chi connectivity index (χ2n) is 3.86. The molecule has 0 spiro atoms. The topological polar surface area (TPSA) is 15.3 Å². The van der Waals surface area contributed by atoms with E-state index in [1.165, 1.54) is 10.8 Å². The van der Waals surface area contributed by atoms with Gasteiger partial charge in [-0.2, -0.15) is 0 Å². The fraction of sp³-hybridized carbons (Fsp3) is 0.385. The van der Waals surface area contributed by atoms with E-state index in [-0.39, 0.29) is 0 Å². The van der Waals surface area contributed by atoms with Crippen molar-refractivity contribution in [2.75, 3.05) is 19.8 Å². The number of rotatable bonds is 6. The minimum Gasteiger partial charge on any atom is -0.378 e. The van der Waals surface area contributed by atoms with E-state index >= 15 is 0 Å². The first kappa shape index (κ1) is 13.0. The molecule has 0 fully saturated rings. The van der Waals surface area contributed by atoms with Gasteiger partial charge >= 0.3 is 0 Å². The van der Waals surface area contributed by atoms with Gasteiger partial charge < -0.3 is 5.32 Å². The summed E-state index contributed by atoms with van der Waals surface area (Å²) in [7, 11) is 1.07. The van der Waals surface area contributed by atoms with Crippen LogP contribution in [0.4, 0.5) is 0 Å². The van der Waals surface area contributed by atoms with Crippen molar-refractivity contribution in [1.82, 2.24) is 10.2 Å². The molecule has 0 heterocycles. The zero-order valence-corrected chi connectivity index (χ0v) is 12.5. The van der Waals surface area contributed by atoms with Gasteiger partial charge in [0.15, 0.2) is 0 Å². The van der Waals surface area contributed by atoms with Crippen LogP contribution in [0.25, 0.3) is 5.20 Å². The number of nitrogens with zero attached hydrogens (tertiary/aromatic N) is 1. The van der Waals surface area contributed by atoms with Crippen molar-refractivity contribution in [3.8, 4) is 0 Å². The molecule has 3 heteroatoms. The third kappa shape index (κ3) is 4.21. The first-order chi connectivity index (χ1) is 7.77. The van der Waals surface area contributed by atoms with E-state index in [1.807, 2.05) is 0 Å². The molecule has 0 aliphatic carbocycles. The molecule has 1 aromatic carbocycles. The molecule has 88 valence electrons. The number of hydrogen-bond donors (Lipinski definition) is 1. The Labute approximate surface area is 102 Å². The Balaban J connectivity index is 2.46. The van der Waals surface area contributed by atoms with Crippen LogP contribution >= 0.6 is 0 Å². The molecule has 0 aliphatic heterocycles. The van der Waals surface area contributed by atoms with Gasteiger partial charge in [-0.05, 0) is 30.0 Å². The Morgan fingerprint density at radius 1 is 1.25 bits per heavy atom. The molecule has 1 rings (SSSR count). The summed E-state index contributed by atoms with van der Waals surface area (Å²) >= 11 is 0. The standard InChI is InChI=1S/C13H22N2Si/c1-3-15(4-2)11-14-10-13(16)12-8-6-5-7-9-12/h5-10,14H,3-4,11H2,1-2,16H3. The van der Waals surface area contributed by atoms with Crippen molar-refractivity contribution < 1.29 is 0 Å². The summed E-state index contributed by atoms with van der Waals surface area (Å²) in [5, 5.41) is 4.79. The van der Waals surface area contributed by atoms with E-state index in [0.29, 0.717) is 0 Å². The van der Waals surface area contributed by atoms with Crippen LogP contribution in [0.5, 0.6) is 0 Å². The predicted molar refractivity (Wildman–Crippen MR) is 75.3 cm³/mol. The van der Waals surface area contributed by atoms with Gasteiger partial charge in [0.25, 0.3) is 0 Å². The molecule has 1 N–H and O–H groups in total. The summed E-state index contributed by atoms with van der Waals surface area (Å²) in [6.07, 6.45) is 2.15. The summed E-state index contributed by atoms with van der Waals surface area (Å²) in [6, 6.07) is 10.6. The van der Waals surface area contributed by atoms with Crippen LogP contribution in [0, 0.1) is 0 Å². The van der Waals surface area contributed by atoms with Gasteiger partial charge in [-0.25, -0.2) is 0 Å². The van der Waals surface area contributed by atoms with Crippen molar-refractivity contribution in [3.05, 3.63) is 42.1 Å². The van der Waals surface area contributed by atoms with E-state index in [9.17, 15) is 0 Å². The molecule has 0 aliphatic rings. The Kier molecular flexibility index (Phi) is 5.89. The lowest BCUT2D eigenvalue weighted by molar-refractivity contribution is 0.294. The first-order valence-electron chi connectivity index (χ1n) is 5.95. The highest BCUT2D eigenvalue weighted by Gasteiger charge is 1.96. The first-order valence-corrected chi connectivity index (χ1v) is 6.95. The van der Waals surface area contributed by atoms with Gasteiger partial charge in [0.2, 0.25) is 0 Å². The Morgan fingerprint density at radius 3 is 2.44 bits per heavy atom. The smallest absolute Gasteiger partial charge is 0.0673 e. The maximum atomic E-state index is 3.38. The van der Waals surface area contributed by atoms with Crippen LogP contribution in [-0.4, -0.2) is 34.9 Å². The van der Waals surface area contributed by atoms with Crippen molar-refractivity contribution >= 4 is 15.4 Å². The number of hydrogen-bond acceptors (Lipinski definition) is 2. The van der Waals surface area contributed by atoms with Crippen molar-refractivity contribution in [2.24, 2.45) is 0 Å². The average molecular weight is 234 g/mol. The number of nitrogens with one attached hydrogen (secondary N) is 1. The summed E-state index contributed by atoms with van der Waals surface area (Å²) in [4.78, 5) is 2.36. The van der Waals surface area contributed by atoms with Crippen LogP contribution in [-0.2, 0) is 0 Å². The fourth-order valence-corrected chi connectivity index (χ4v) is 2.10. The van der Waals surface area contributed by atoms with Gasteiger partial charge in [-0.3, -0.25) is 4.90 Å². The monoisotopic (exact) mass is 234 g/mol. The highest BCUT2D eigenvalue weighted by Crippen LogP contribution is 2.08. The third-order valence-corrected chi connectivity index (χ3v) is 3.62. The quantitative estimate of drug-likeness (QED) is 0.588. The minimum atomic E-state index is 0.936. The predicted octanol–water partition coefficient (Wildman–Crippen LogP) is 1.24. The van der Waals surface area contributed by atoms with E-state index in [2.05, 4.69) is 60.6 Å². The molecule has 1 aromatic rings. The highest BCUT2D eigenvalue weighted by molar-refractivity contribution is 6.42. The molecule has 0 saturated heterocycles. The molecule has 0 atom stereocenters. The maximum Gasteiger partial charge on any atom is 0.0673 e. The van der Waals surface area contributed by atoms with Gasteiger partial charge in [-0.15, -0.1) is 0 Å². The number of benzene rings is 1. The van der Waals surface area contributed by atoms with Crippen LogP contribution in [0.15, 0.2) is 36.5 Å². The Bertz CT molecular complexity index is 318. The van der Waals surface area contributed by atoms with Crippen LogP contribution in [0.3, 0.4) is 0 Å². The zero-order chi connectivity index (χ0) is 11.8. The second kappa shape index (κ2) is 7.25. The van der Waals surface area contributed by atoms with Crippen molar-refractivity contribution in [3.63, 3.8) is 0 Å². The molecular formula is C13H22N2Si. The van der Waals surface area contributed by atoms with Gasteiger partial charge in [-0.1, -0.05) is 44.2 Å². The molecule has 0 aromatic heterocycles. The largest absolute Gasteiger partial charge is 0.378 e. The summed E-state index contributed by atoms with van der Waals surface area (Å²) in [5.74, 6) is 0. The van der Waals surface area contributed by atoms with Gasteiger partial charge in [0.05, 0.1) is 6.67 Å². The van der Waals surface area contributed by atoms with E-state index < -0.39 is 0 Å². The molecule has 0 unspecified atom stereocenters. The zero-order valence-electron chi connectivity index (χ0n) is 10.5. The summed E-state index contributed by atoms with van der Waals surface area (Å²) < 4.78 is 0. The van der Waals surface area contributed by atoms with Gasteiger partial charge in [0.1, 0.15) is 0 Å². The molecule has 0 bridgehead atoms. The minimum absolute atomic E-state index is 0.936. The fourth-order valence-electron chi connectivity index (χ4n) is 1.56. The molecule has 16 heavy (non-hydrogen) atoms. The molecule has 0 saturated carbocycles. The lowest BCUT2D eigenvalue weighted by atomic mass is 10.2. The summed E-state index contributed by atoms with van der Waals surface area (Å²) in [5.41, 5.74) is 1.33. The normalized spacial score (nSPS) is 12.1. The molecule has 2 nitrogen and oxygen atoms in total. The molecule has 0 amide bonds. The van der Waals surface area contributed by atoms with E-state index in [4.69, 9.17) is 0 Å². The SMILES string of the molecule is CCN(CC)CNC=C([SiH3])c1ccccc1. The lowest BCUT2D eigenvalue weighted by Crippen LogP contribution is -2.31. The highest BCUT2D eigenvalue weighted by atomic mass is 28.1. The lowest BCUT2D eigenvalue weighted by Gasteiger charge is -2.17. The maximum absolute atomic E-state index is 3.38. The Hall–Kier alpha value is -1.06. The van der Waals surface area contributed by atoms with Gasteiger partial charge in [0, 0.05) is 10.2 Å². The van der Waals surface area contributed by atoms with Crippen LogP contribution in [0.2, 0.25) is 0 Å². The summed E-state index contributed by atoms with van der Waals surface area (Å²) in [6.45, 7) is 7.51. The molecular weight excluding hydrogens is 212 g/mol. The second-order valence-corrected chi connectivity index (χ2v) is 4.94. The van der Waals surface area contributed by atoms with Crippen LogP contribution in [0.1, 0.15) is 19.4 Å². The van der Waals surface area contributed by atoms with E-state index in [0.717, 1.165) is 30.0 Å². The van der Waals surface area contributed by atoms with Crippen molar-refractivity contribution in [2.45, 2.75) is 13.8 Å². The molecule has 0 radical (unpaired) electrons. The third-order valence-electron chi connectivity index (χ3n) is 2.76. The van der Waals surface area contributed by atoms with Crippen LogP contribution < -0.4 is 5.32 Å². The Morgan fingerprint density at radius 2 is 1.88 bits per heavy atom. The average Bonchev–Trinajstić information content (AvgIpc) is 2.35.